The van der Waals surface area contributed by atoms with Crippen molar-refractivity contribution in [2.45, 2.75) is 24.5 Å². The zero-order chi connectivity index (χ0) is 26.9. The molecule has 0 unspecified atom stereocenters. The Morgan fingerprint density at radius 2 is 1.71 bits per heavy atom. The van der Waals surface area contributed by atoms with Crippen molar-refractivity contribution in [3.8, 4) is 11.5 Å². The molecule has 196 valence electrons. The fourth-order valence-corrected chi connectivity index (χ4v) is 5.66. The molecule has 2 heterocycles. The first kappa shape index (κ1) is 25.1. The molecule has 5 rings (SSSR count). The van der Waals surface area contributed by atoms with Crippen molar-refractivity contribution in [3.63, 3.8) is 0 Å². The predicted octanol–water partition coefficient (Wildman–Crippen LogP) is 3.71. The van der Waals surface area contributed by atoms with Gasteiger partial charge in [0.2, 0.25) is 0 Å². The molecule has 2 aliphatic heterocycles. The van der Waals surface area contributed by atoms with Gasteiger partial charge in [-0.25, -0.2) is 4.79 Å². The Kier molecular flexibility index (Phi) is 6.67. The summed E-state index contributed by atoms with van der Waals surface area (Å²) in [5.41, 5.74) is 1.51. The molecule has 9 heteroatoms. The monoisotopic (exact) mass is 516 g/mol. The number of carboxylic acids is 1. The molecule has 0 aromatic heterocycles. The number of benzene rings is 3. The Hall–Kier alpha value is -4.53. The number of nitrogens with zero attached hydrogens (tertiary/aromatic N) is 1. The van der Waals surface area contributed by atoms with Crippen molar-refractivity contribution in [1.29, 1.82) is 0 Å². The van der Waals surface area contributed by atoms with Crippen molar-refractivity contribution in [2.24, 2.45) is 0 Å². The summed E-state index contributed by atoms with van der Waals surface area (Å²) >= 11 is 0. The first-order valence-electron chi connectivity index (χ1n) is 12.2. The van der Waals surface area contributed by atoms with Crippen molar-refractivity contribution in [2.75, 3.05) is 27.3 Å². The molecule has 38 heavy (non-hydrogen) atoms. The number of fused-ring (bicyclic) bond motifs is 4. The number of carbonyl (C=O) groups excluding carboxylic acids is 2. The summed E-state index contributed by atoms with van der Waals surface area (Å²) in [5.74, 6) is -1.67. The molecule has 0 saturated heterocycles. The minimum atomic E-state index is -1.43. The van der Waals surface area contributed by atoms with E-state index < -0.39 is 23.5 Å². The maximum Gasteiger partial charge on any atom is 0.407 e. The van der Waals surface area contributed by atoms with Gasteiger partial charge in [-0.15, -0.1) is 0 Å². The van der Waals surface area contributed by atoms with E-state index in [1.165, 1.54) is 14.2 Å². The SMILES string of the molecule is COc1cc2c(cc1OC)[C@@]1(CNC(=O)OCc3ccccc3)[C@H](C(=O)O)c3ccccc3C(=O)N1CC2. The highest BCUT2D eigenvalue weighted by molar-refractivity contribution is 6.01. The fraction of sp³-hybridized carbons (Fsp3) is 0.276. The van der Waals surface area contributed by atoms with E-state index in [1.807, 2.05) is 36.4 Å². The Balaban J connectivity index is 1.61. The summed E-state index contributed by atoms with van der Waals surface area (Å²) in [5, 5.41) is 13.4. The van der Waals surface area contributed by atoms with Crippen molar-refractivity contribution in [3.05, 3.63) is 94.5 Å². The van der Waals surface area contributed by atoms with Crippen LogP contribution in [0, 0.1) is 0 Å². The number of nitrogens with one attached hydrogen (secondary N) is 1. The van der Waals surface area contributed by atoms with Crippen LogP contribution in [-0.2, 0) is 28.1 Å². The number of carboxylic acid groups (broad SMARTS) is 1. The van der Waals surface area contributed by atoms with Gasteiger partial charge in [0.25, 0.3) is 5.91 Å². The van der Waals surface area contributed by atoms with Crippen LogP contribution in [0.15, 0.2) is 66.7 Å². The van der Waals surface area contributed by atoms with Gasteiger partial charge in [-0.2, -0.15) is 0 Å². The highest BCUT2D eigenvalue weighted by atomic mass is 16.5. The molecular weight excluding hydrogens is 488 g/mol. The predicted molar refractivity (Wildman–Crippen MR) is 137 cm³/mol. The minimum Gasteiger partial charge on any atom is -0.493 e. The van der Waals surface area contributed by atoms with Crippen molar-refractivity contribution < 1.29 is 33.7 Å². The number of hydrogen-bond donors (Lipinski definition) is 2. The van der Waals surface area contributed by atoms with E-state index in [-0.39, 0.29) is 25.6 Å². The maximum atomic E-state index is 13.8. The molecule has 2 aliphatic rings. The normalized spacial score (nSPS) is 19.5. The molecule has 0 spiro atoms. The van der Waals surface area contributed by atoms with E-state index in [4.69, 9.17) is 14.2 Å². The third kappa shape index (κ3) is 4.09. The van der Waals surface area contributed by atoms with Gasteiger partial charge in [-0.3, -0.25) is 9.59 Å². The molecule has 0 bridgehead atoms. The fourth-order valence-electron chi connectivity index (χ4n) is 5.66. The van der Waals surface area contributed by atoms with E-state index in [9.17, 15) is 19.5 Å². The van der Waals surface area contributed by atoms with Gasteiger partial charge in [-0.1, -0.05) is 48.5 Å². The summed E-state index contributed by atoms with van der Waals surface area (Å²) in [6.07, 6.45) is -0.234. The quantitative estimate of drug-likeness (QED) is 0.492. The van der Waals surface area contributed by atoms with E-state index in [2.05, 4.69) is 5.32 Å². The maximum absolute atomic E-state index is 13.8. The van der Waals surface area contributed by atoms with Crippen LogP contribution in [-0.4, -0.2) is 55.3 Å². The summed E-state index contributed by atoms with van der Waals surface area (Å²) in [6, 6.07) is 19.5. The molecule has 3 aromatic carbocycles. The highest BCUT2D eigenvalue weighted by Crippen LogP contribution is 2.52. The second kappa shape index (κ2) is 10.1. The second-order valence-electron chi connectivity index (χ2n) is 9.27. The number of rotatable bonds is 7. The molecule has 2 amide bonds. The Labute approximate surface area is 219 Å². The number of hydrogen-bond acceptors (Lipinski definition) is 6. The molecular formula is C29H28N2O7. The van der Waals surface area contributed by atoms with Gasteiger partial charge in [-0.05, 0) is 46.9 Å². The largest absolute Gasteiger partial charge is 0.493 e. The van der Waals surface area contributed by atoms with Crippen LogP contribution in [0.4, 0.5) is 4.79 Å². The number of ether oxygens (including phenoxy) is 3. The lowest BCUT2D eigenvalue weighted by atomic mass is 9.65. The number of amides is 2. The van der Waals surface area contributed by atoms with Crippen LogP contribution < -0.4 is 14.8 Å². The Morgan fingerprint density at radius 3 is 2.42 bits per heavy atom. The smallest absolute Gasteiger partial charge is 0.407 e. The van der Waals surface area contributed by atoms with E-state index in [0.717, 1.165) is 11.1 Å². The average molecular weight is 517 g/mol. The summed E-state index contributed by atoms with van der Waals surface area (Å²) in [7, 11) is 3.02. The molecule has 2 N–H and O–H groups in total. The summed E-state index contributed by atoms with van der Waals surface area (Å²) in [6.45, 7) is 0.134. The van der Waals surface area contributed by atoms with Crippen LogP contribution in [0.3, 0.4) is 0 Å². The van der Waals surface area contributed by atoms with Crippen molar-refractivity contribution >= 4 is 18.0 Å². The zero-order valence-corrected chi connectivity index (χ0v) is 21.1. The molecule has 3 aromatic rings. The van der Waals surface area contributed by atoms with Gasteiger partial charge < -0.3 is 29.5 Å². The lowest BCUT2D eigenvalue weighted by Gasteiger charge is -2.54. The number of carbonyl (C=O) groups is 3. The minimum absolute atomic E-state index is 0.0507. The van der Waals surface area contributed by atoms with Crippen LogP contribution in [0.5, 0.6) is 11.5 Å². The first-order chi connectivity index (χ1) is 18.4. The molecule has 0 aliphatic carbocycles. The van der Waals surface area contributed by atoms with Gasteiger partial charge in [0.05, 0.1) is 14.2 Å². The van der Waals surface area contributed by atoms with Crippen LogP contribution in [0.25, 0.3) is 0 Å². The molecule has 9 nitrogen and oxygen atoms in total. The third-order valence-corrected chi connectivity index (χ3v) is 7.35. The van der Waals surface area contributed by atoms with Gasteiger partial charge in [0.1, 0.15) is 18.1 Å². The van der Waals surface area contributed by atoms with E-state index >= 15 is 0 Å². The molecule has 0 fully saturated rings. The van der Waals surface area contributed by atoms with E-state index in [0.29, 0.717) is 34.6 Å². The van der Waals surface area contributed by atoms with Gasteiger partial charge in [0, 0.05) is 18.7 Å². The number of methoxy groups -OCH3 is 2. The summed E-state index contributed by atoms with van der Waals surface area (Å²) < 4.78 is 16.4. The average Bonchev–Trinajstić information content (AvgIpc) is 2.94. The standard InChI is InChI=1S/C29H28N2O7/c1-36-23-14-19-12-13-31-26(32)21-11-7-6-10-20(21)25(27(33)34)29(31,22(19)15-24(23)37-2)17-30-28(35)38-16-18-8-4-3-5-9-18/h3-11,14-15,25H,12-13,16-17H2,1-2H3,(H,30,35)(H,33,34)/t25-,29-/m0/s1. The Morgan fingerprint density at radius 1 is 1.03 bits per heavy atom. The second-order valence-corrected chi connectivity index (χ2v) is 9.27. The summed E-state index contributed by atoms with van der Waals surface area (Å²) in [4.78, 5) is 41.2. The topological polar surface area (TPSA) is 114 Å². The molecule has 0 radical (unpaired) electrons. The molecule has 0 saturated carbocycles. The highest BCUT2D eigenvalue weighted by Gasteiger charge is 2.58. The lowest BCUT2D eigenvalue weighted by molar-refractivity contribution is -0.143. The van der Waals surface area contributed by atoms with Gasteiger partial charge >= 0.3 is 12.1 Å². The van der Waals surface area contributed by atoms with Crippen LogP contribution in [0.2, 0.25) is 0 Å². The lowest BCUT2D eigenvalue weighted by Crippen LogP contribution is -2.65. The first-order valence-corrected chi connectivity index (χ1v) is 12.2. The van der Waals surface area contributed by atoms with Crippen molar-refractivity contribution in [1.82, 2.24) is 10.2 Å². The van der Waals surface area contributed by atoms with Crippen LogP contribution in [0.1, 0.15) is 38.5 Å². The zero-order valence-electron chi connectivity index (χ0n) is 21.1. The number of alkyl carbamates (subject to hydrolysis) is 1. The molecule has 2 atom stereocenters. The number of aliphatic carboxylic acids is 1. The Bertz CT molecular complexity index is 1390. The van der Waals surface area contributed by atoms with Gasteiger partial charge in [0.15, 0.2) is 11.5 Å². The van der Waals surface area contributed by atoms with E-state index in [1.54, 1.807) is 35.2 Å². The third-order valence-electron chi connectivity index (χ3n) is 7.35. The van der Waals surface area contributed by atoms with Crippen LogP contribution >= 0.6 is 0 Å².